The second kappa shape index (κ2) is 5.83. The minimum absolute atomic E-state index is 0.0269. The molecule has 0 unspecified atom stereocenters. The molecule has 0 fully saturated rings. The molecule has 3 aromatic rings. The number of hydrogen-bond acceptors (Lipinski definition) is 6. The van der Waals surface area contributed by atoms with Gasteiger partial charge in [0.15, 0.2) is 23.0 Å². The van der Waals surface area contributed by atoms with Crippen molar-refractivity contribution < 1.29 is 37.4 Å². The Labute approximate surface area is 150 Å². The first-order valence-electron chi connectivity index (χ1n) is 7.76. The molecule has 0 saturated carbocycles. The van der Waals surface area contributed by atoms with E-state index in [-0.39, 0.29) is 40.6 Å². The fraction of sp³-hybridized carbons (Fsp3) is 0.167. The van der Waals surface area contributed by atoms with Crippen molar-refractivity contribution in [2.75, 3.05) is 6.79 Å². The van der Waals surface area contributed by atoms with Crippen molar-refractivity contribution in [1.29, 1.82) is 0 Å². The maximum atomic E-state index is 13.5. The SMILES string of the molecule is Cc1c(O)ccc(-c2onc(C(F)(F)F)c2-c2ccc3c(c2)OCO3)c1O. The monoisotopic (exact) mass is 379 g/mol. The number of benzene rings is 2. The van der Waals surface area contributed by atoms with Crippen LogP contribution in [-0.2, 0) is 6.18 Å². The second-order valence-electron chi connectivity index (χ2n) is 5.91. The Hall–Kier alpha value is -3.36. The molecule has 4 rings (SSSR count). The number of phenolic OH excluding ortho intramolecular Hbond substituents is 2. The Kier molecular flexibility index (Phi) is 3.69. The summed E-state index contributed by atoms with van der Waals surface area (Å²) in [5, 5.41) is 23.2. The van der Waals surface area contributed by atoms with Crippen molar-refractivity contribution in [1.82, 2.24) is 5.16 Å². The number of fused-ring (bicyclic) bond motifs is 1. The molecule has 2 heterocycles. The van der Waals surface area contributed by atoms with E-state index in [9.17, 15) is 23.4 Å². The first-order chi connectivity index (χ1) is 12.8. The lowest BCUT2D eigenvalue weighted by atomic mass is 9.97. The van der Waals surface area contributed by atoms with Crippen molar-refractivity contribution in [3.05, 3.63) is 41.6 Å². The van der Waals surface area contributed by atoms with E-state index in [1.54, 1.807) is 0 Å². The number of rotatable bonds is 2. The van der Waals surface area contributed by atoms with Gasteiger partial charge in [-0.15, -0.1) is 0 Å². The lowest BCUT2D eigenvalue weighted by Gasteiger charge is -2.10. The summed E-state index contributed by atoms with van der Waals surface area (Å²) in [5.41, 5.74) is -1.37. The third-order valence-corrected chi connectivity index (χ3v) is 4.27. The van der Waals surface area contributed by atoms with E-state index in [0.717, 1.165) is 0 Å². The summed E-state index contributed by atoms with van der Waals surface area (Å²) in [7, 11) is 0. The van der Waals surface area contributed by atoms with Gasteiger partial charge in [-0.1, -0.05) is 11.2 Å². The van der Waals surface area contributed by atoms with Gasteiger partial charge in [-0.3, -0.25) is 0 Å². The van der Waals surface area contributed by atoms with Crippen LogP contribution in [0.2, 0.25) is 0 Å². The number of phenols is 2. The molecule has 2 aromatic carbocycles. The van der Waals surface area contributed by atoms with E-state index in [1.807, 2.05) is 0 Å². The molecule has 0 atom stereocenters. The van der Waals surface area contributed by atoms with Crippen molar-refractivity contribution in [2.24, 2.45) is 0 Å². The lowest BCUT2D eigenvalue weighted by molar-refractivity contribution is -0.142. The number of hydrogen-bond donors (Lipinski definition) is 2. The molecule has 0 radical (unpaired) electrons. The summed E-state index contributed by atoms with van der Waals surface area (Å²) >= 11 is 0. The summed E-state index contributed by atoms with van der Waals surface area (Å²) in [6.45, 7) is 1.40. The molecule has 9 heteroatoms. The molecule has 2 N–H and O–H groups in total. The summed E-state index contributed by atoms with van der Waals surface area (Å²) in [6, 6.07) is 6.80. The van der Waals surface area contributed by atoms with Gasteiger partial charge in [-0.2, -0.15) is 13.2 Å². The Balaban J connectivity index is 1.97. The molecule has 1 aliphatic rings. The van der Waals surface area contributed by atoms with Gasteiger partial charge in [0, 0.05) is 5.56 Å². The van der Waals surface area contributed by atoms with Gasteiger partial charge in [0.25, 0.3) is 0 Å². The minimum Gasteiger partial charge on any atom is -0.508 e. The van der Waals surface area contributed by atoms with Crippen LogP contribution < -0.4 is 9.47 Å². The van der Waals surface area contributed by atoms with Crippen LogP contribution in [0.1, 0.15) is 11.3 Å². The molecule has 0 spiro atoms. The highest BCUT2D eigenvalue weighted by Gasteiger charge is 2.41. The number of halogens is 3. The van der Waals surface area contributed by atoms with E-state index < -0.39 is 17.6 Å². The molecule has 140 valence electrons. The zero-order valence-electron chi connectivity index (χ0n) is 13.8. The van der Waals surface area contributed by atoms with Gasteiger partial charge in [-0.05, 0) is 36.8 Å². The number of nitrogens with zero attached hydrogens (tertiary/aromatic N) is 1. The topological polar surface area (TPSA) is 85.0 Å². The first-order valence-corrected chi connectivity index (χ1v) is 7.76. The quantitative estimate of drug-likeness (QED) is 0.683. The predicted octanol–water partition coefficient (Wildman–Crippen LogP) is 4.48. The largest absolute Gasteiger partial charge is 0.508 e. The molecule has 0 bridgehead atoms. The summed E-state index contributed by atoms with van der Waals surface area (Å²) in [5.74, 6) is -0.174. The van der Waals surface area contributed by atoms with Gasteiger partial charge in [0.05, 0.1) is 11.1 Å². The third-order valence-electron chi connectivity index (χ3n) is 4.27. The standard InChI is InChI=1S/C18H12F3NO5/c1-8-11(23)4-3-10(15(8)24)16-14(17(22-27-16)18(19,20)21)9-2-5-12-13(6-9)26-7-25-12/h2-6,23-24H,7H2,1H3. The molecule has 0 amide bonds. The fourth-order valence-electron chi connectivity index (χ4n) is 2.86. The van der Waals surface area contributed by atoms with Crippen molar-refractivity contribution in [3.8, 4) is 45.4 Å². The Morgan fingerprint density at radius 3 is 2.52 bits per heavy atom. The molecule has 0 saturated heterocycles. The van der Waals surface area contributed by atoms with Gasteiger partial charge >= 0.3 is 6.18 Å². The van der Waals surface area contributed by atoms with E-state index in [1.165, 1.54) is 37.3 Å². The molecular weight excluding hydrogens is 367 g/mol. The predicted molar refractivity (Wildman–Crippen MR) is 86.6 cm³/mol. The van der Waals surface area contributed by atoms with Crippen molar-refractivity contribution in [2.45, 2.75) is 13.1 Å². The summed E-state index contributed by atoms with van der Waals surface area (Å²) in [4.78, 5) is 0. The van der Waals surface area contributed by atoms with E-state index in [2.05, 4.69) is 5.16 Å². The zero-order chi connectivity index (χ0) is 19.3. The molecule has 1 aliphatic heterocycles. The summed E-state index contributed by atoms with van der Waals surface area (Å²) < 4.78 is 55.9. The maximum Gasteiger partial charge on any atom is 0.437 e. The van der Waals surface area contributed by atoms with Crippen LogP contribution >= 0.6 is 0 Å². The van der Waals surface area contributed by atoms with Crippen LogP contribution in [0.25, 0.3) is 22.5 Å². The maximum absolute atomic E-state index is 13.5. The normalized spacial score (nSPS) is 13.2. The average Bonchev–Trinajstić information content (AvgIpc) is 3.25. The van der Waals surface area contributed by atoms with Gasteiger partial charge in [-0.25, -0.2) is 0 Å². The van der Waals surface area contributed by atoms with Gasteiger partial charge in [0.2, 0.25) is 6.79 Å². The van der Waals surface area contributed by atoms with Crippen LogP contribution in [0.4, 0.5) is 13.2 Å². The highest BCUT2D eigenvalue weighted by molar-refractivity contribution is 5.85. The van der Waals surface area contributed by atoms with Crippen LogP contribution in [0.3, 0.4) is 0 Å². The van der Waals surface area contributed by atoms with Crippen molar-refractivity contribution in [3.63, 3.8) is 0 Å². The van der Waals surface area contributed by atoms with Crippen LogP contribution in [0, 0.1) is 6.92 Å². The molecule has 6 nitrogen and oxygen atoms in total. The Morgan fingerprint density at radius 1 is 1.04 bits per heavy atom. The molecular formula is C18H12F3NO5. The number of alkyl halides is 3. The number of ether oxygens (including phenoxy) is 2. The van der Waals surface area contributed by atoms with E-state index in [4.69, 9.17) is 14.0 Å². The molecule has 0 aliphatic carbocycles. The highest BCUT2D eigenvalue weighted by Crippen LogP contribution is 2.47. The zero-order valence-corrected chi connectivity index (χ0v) is 13.8. The number of aromatic nitrogens is 1. The van der Waals surface area contributed by atoms with Crippen LogP contribution in [0.5, 0.6) is 23.0 Å². The average molecular weight is 379 g/mol. The van der Waals surface area contributed by atoms with E-state index in [0.29, 0.717) is 11.5 Å². The lowest BCUT2D eigenvalue weighted by Crippen LogP contribution is -2.07. The Bertz CT molecular complexity index is 1040. The summed E-state index contributed by atoms with van der Waals surface area (Å²) in [6.07, 6.45) is -4.78. The van der Waals surface area contributed by atoms with Gasteiger partial charge in [0.1, 0.15) is 11.5 Å². The van der Waals surface area contributed by atoms with Crippen molar-refractivity contribution >= 4 is 0 Å². The molecule has 27 heavy (non-hydrogen) atoms. The Morgan fingerprint density at radius 2 is 1.78 bits per heavy atom. The number of aromatic hydroxyl groups is 2. The fourth-order valence-corrected chi connectivity index (χ4v) is 2.86. The molecule has 1 aromatic heterocycles. The van der Waals surface area contributed by atoms with Gasteiger partial charge < -0.3 is 24.2 Å². The van der Waals surface area contributed by atoms with E-state index >= 15 is 0 Å². The van der Waals surface area contributed by atoms with Crippen LogP contribution in [-0.4, -0.2) is 22.2 Å². The minimum atomic E-state index is -4.78. The second-order valence-corrected chi connectivity index (χ2v) is 5.91. The smallest absolute Gasteiger partial charge is 0.437 e. The van der Waals surface area contributed by atoms with Crippen LogP contribution in [0.15, 0.2) is 34.9 Å². The first kappa shape index (κ1) is 17.1. The third kappa shape index (κ3) is 2.71. The highest BCUT2D eigenvalue weighted by atomic mass is 19.4.